The van der Waals surface area contributed by atoms with Gasteiger partial charge in [-0.3, -0.25) is 4.98 Å². The lowest BCUT2D eigenvalue weighted by atomic mass is 9.95. The zero-order valence-electron chi connectivity index (χ0n) is 16.0. The number of anilines is 1. The molecule has 4 rings (SSSR count). The maximum Gasteiger partial charge on any atom is 0.338 e. The summed E-state index contributed by atoms with van der Waals surface area (Å²) in [5, 5.41) is 7.90. The molecule has 1 N–H and O–H groups in total. The van der Waals surface area contributed by atoms with Crippen molar-refractivity contribution in [3.63, 3.8) is 0 Å². The van der Waals surface area contributed by atoms with E-state index in [9.17, 15) is 4.79 Å². The SMILES string of the molecule is CCOC(=O)C1=C(C)Nc2nc(-c3cccnc3)nn2C1c1cccc(C)c1. The fraction of sp³-hybridized carbons (Fsp3) is 0.238. The molecule has 0 bridgehead atoms. The van der Waals surface area contributed by atoms with Crippen LogP contribution in [0.2, 0.25) is 0 Å². The van der Waals surface area contributed by atoms with Crippen LogP contribution in [0.5, 0.6) is 0 Å². The smallest absolute Gasteiger partial charge is 0.338 e. The van der Waals surface area contributed by atoms with Gasteiger partial charge in [0.15, 0.2) is 5.82 Å². The molecule has 142 valence electrons. The number of carbonyl (C=O) groups excluding carboxylic acids is 1. The largest absolute Gasteiger partial charge is 0.463 e. The van der Waals surface area contributed by atoms with Crippen molar-refractivity contribution in [1.29, 1.82) is 0 Å². The molecular weight excluding hydrogens is 354 g/mol. The Bertz CT molecular complexity index is 1060. The van der Waals surface area contributed by atoms with Crippen LogP contribution in [0.1, 0.15) is 31.0 Å². The van der Waals surface area contributed by atoms with Crippen LogP contribution in [0.15, 0.2) is 60.1 Å². The highest BCUT2D eigenvalue weighted by Gasteiger charge is 2.35. The summed E-state index contributed by atoms with van der Waals surface area (Å²) < 4.78 is 7.08. The van der Waals surface area contributed by atoms with Crippen molar-refractivity contribution >= 4 is 11.9 Å². The second-order valence-corrected chi connectivity index (χ2v) is 6.65. The molecule has 1 unspecified atom stereocenters. The average Bonchev–Trinajstić information content (AvgIpc) is 3.11. The van der Waals surface area contributed by atoms with E-state index in [-0.39, 0.29) is 5.97 Å². The van der Waals surface area contributed by atoms with E-state index in [1.54, 1.807) is 24.0 Å². The van der Waals surface area contributed by atoms with Crippen LogP contribution in [-0.2, 0) is 9.53 Å². The van der Waals surface area contributed by atoms with Crippen LogP contribution < -0.4 is 5.32 Å². The van der Waals surface area contributed by atoms with Gasteiger partial charge in [0, 0.05) is 23.7 Å². The topological polar surface area (TPSA) is 81.9 Å². The fourth-order valence-corrected chi connectivity index (χ4v) is 3.39. The van der Waals surface area contributed by atoms with Gasteiger partial charge in [0.1, 0.15) is 6.04 Å². The molecule has 1 aliphatic heterocycles. The number of benzene rings is 1. The van der Waals surface area contributed by atoms with E-state index in [1.165, 1.54) is 0 Å². The van der Waals surface area contributed by atoms with Crippen molar-refractivity contribution < 1.29 is 9.53 Å². The summed E-state index contributed by atoms with van der Waals surface area (Å²) in [4.78, 5) is 21.5. The molecule has 0 aliphatic carbocycles. The van der Waals surface area contributed by atoms with E-state index in [0.717, 1.165) is 16.7 Å². The Hall–Kier alpha value is -3.48. The van der Waals surface area contributed by atoms with Crippen LogP contribution in [0.25, 0.3) is 11.4 Å². The molecular formula is C21H21N5O2. The molecule has 0 spiro atoms. The van der Waals surface area contributed by atoms with Gasteiger partial charge in [-0.05, 0) is 38.5 Å². The Morgan fingerprint density at radius 3 is 2.82 bits per heavy atom. The van der Waals surface area contributed by atoms with E-state index in [2.05, 4.69) is 21.4 Å². The number of nitrogens with zero attached hydrogens (tertiary/aromatic N) is 4. The number of allylic oxidation sites excluding steroid dienone is 1. The number of hydrogen-bond donors (Lipinski definition) is 1. The van der Waals surface area contributed by atoms with Gasteiger partial charge in [0.2, 0.25) is 5.95 Å². The van der Waals surface area contributed by atoms with Crippen molar-refractivity contribution in [2.75, 3.05) is 11.9 Å². The van der Waals surface area contributed by atoms with Crippen molar-refractivity contribution in [2.45, 2.75) is 26.8 Å². The van der Waals surface area contributed by atoms with E-state index in [1.807, 2.05) is 44.2 Å². The first-order valence-corrected chi connectivity index (χ1v) is 9.17. The Morgan fingerprint density at radius 2 is 2.11 bits per heavy atom. The Balaban J connectivity index is 1.88. The maximum atomic E-state index is 12.8. The highest BCUT2D eigenvalue weighted by atomic mass is 16.5. The van der Waals surface area contributed by atoms with Gasteiger partial charge in [0.05, 0.1) is 12.2 Å². The number of aryl methyl sites for hydroxylation is 1. The minimum atomic E-state index is -0.423. The molecule has 1 aromatic carbocycles. The number of esters is 1. The Labute approximate surface area is 163 Å². The number of ether oxygens (including phenoxy) is 1. The van der Waals surface area contributed by atoms with Gasteiger partial charge in [-0.15, -0.1) is 5.10 Å². The fourth-order valence-electron chi connectivity index (χ4n) is 3.39. The molecule has 1 aliphatic rings. The van der Waals surface area contributed by atoms with Crippen molar-refractivity contribution in [3.8, 4) is 11.4 Å². The van der Waals surface area contributed by atoms with E-state index in [4.69, 9.17) is 9.84 Å². The van der Waals surface area contributed by atoms with Gasteiger partial charge < -0.3 is 10.1 Å². The van der Waals surface area contributed by atoms with Crippen LogP contribution >= 0.6 is 0 Å². The van der Waals surface area contributed by atoms with Gasteiger partial charge in [-0.25, -0.2) is 9.48 Å². The minimum Gasteiger partial charge on any atom is -0.463 e. The summed E-state index contributed by atoms with van der Waals surface area (Å²) in [6, 6.07) is 11.4. The minimum absolute atomic E-state index is 0.307. The zero-order valence-corrected chi connectivity index (χ0v) is 16.0. The van der Waals surface area contributed by atoms with Gasteiger partial charge in [0.25, 0.3) is 0 Å². The molecule has 0 fully saturated rings. The lowest BCUT2D eigenvalue weighted by Gasteiger charge is -2.28. The van der Waals surface area contributed by atoms with E-state index >= 15 is 0 Å². The number of carbonyl (C=O) groups is 1. The molecule has 3 aromatic rings. The molecule has 0 radical (unpaired) electrons. The molecule has 0 amide bonds. The molecule has 28 heavy (non-hydrogen) atoms. The molecule has 0 saturated heterocycles. The standard InChI is InChI=1S/C21H21N5O2/c1-4-28-20(27)17-14(3)23-21-24-19(16-9-6-10-22-12-16)25-26(21)18(17)15-8-5-7-13(2)11-15/h5-12,18H,4H2,1-3H3,(H,23,24,25). The third-order valence-electron chi connectivity index (χ3n) is 4.63. The highest BCUT2D eigenvalue weighted by Crippen LogP contribution is 2.36. The molecule has 1 atom stereocenters. The van der Waals surface area contributed by atoms with Crippen molar-refractivity contribution in [2.24, 2.45) is 0 Å². The molecule has 7 heteroatoms. The predicted octanol–water partition coefficient (Wildman–Crippen LogP) is 3.50. The second kappa shape index (κ2) is 7.26. The Kier molecular flexibility index (Phi) is 4.65. The van der Waals surface area contributed by atoms with Crippen LogP contribution in [-0.4, -0.2) is 32.3 Å². The predicted molar refractivity (Wildman–Crippen MR) is 106 cm³/mol. The van der Waals surface area contributed by atoms with Gasteiger partial charge in [-0.2, -0.15) is 4.98 Å². The van der Waals surface area contributed by atoms with Gasteiger partial charge in [-0.1, -0.05) is 29.8 Å². The summed E-state index contributed by atoms with van der Waals surface area (Å²) in [7, 11) is 0. The van der Waals surface area contributed by atoms with E-state index in [0.29, 0.717) is 29.6 Å². The highest BCUT2D eigenvalue weighted by molar-refractivity contribution is 5.92. The van der Waals surface area contributed by atoms with Crippen LogP contribution in [0, 0.1) is 6.92 Å². The summed E-state index contributed by atoms with van der Waals surface area (Å²) in [6.45, 7) is 5.99. The number of fused-ring (bicyclic) bond motifs is 1. The molecule has 3 heterocycles. The monoisotopic (exact) mass is 375 g/mol. The third-order valence-corrected chi connectivity index (χ3v) is 4.63. The maximum absolute atomic E-state index is 12.8. The summed E-state index contributed by atoms with van der Waals surface area (Å²) >= 11 is 0. The molecule has 0 saturated carbocycles. The molecule has 7 nitrogen and oxygen atoms in total. The first kappa shape index (κ1) is 17.9. The van der Waals surface area contributed by atoms with Crippen molar-refractivity contribution in [3.05, 3.63) is 71.2 Å². The number of pyridine rings is 1. The first-order chi connectivity index (χ1) is 13.6. The molecule has 2 aromatic heterocycles. The normalized spacial score (nSPS) is 15.8. The second-order valence-electron chi connectivity index (χ2n) is 6.65. The number of rotatable bonds is 4. The van der Waals surface area contributed by atoms with Crippen LogP contribution in [0.4, 0.5) is 5.95 Å². The van der Waals surface area contributed by atoms with Crippen LogP contribution in [0.3, 0.4) is 0 Å². The summed E-state index contributed by atoms with van der Waals surface area (Å²) in [6.07, 6.45) is 3.42. The van der Waals surface area contributed by atoms with E-state index < -0.39 is 6.04 Å². The number of aromatic nitrogens is 4. The quantitative estimate of drug-likeness (QED) is 0.703. The third kappa shape index (κ3) is 3.15. The first-order valence-electron chi connectivity index (χ1n) is 9.17. The Morgan fingerprint density at radius 1 is 1.25 bits per heavy atom. The lowest BCUT2D eigenvalue weighted by Crippen LogP contribution is -2.29. The lowest BCUT2D eigenvalue weighted by molar-refractivity contribution is -0.139. The zero-order chi connectivity index (χ0) is 19.7. The van der Waals surface area contributed by atoms with Crippen molar-refractivity contribution in [1.82, 2.24) is 19.7 Å². The summed E-state index contributed by atoms with van der Waals surface area (Å²) in [5.41, 5.74) is 4.11. The average molecular weight is 375 g/mol. The summed E-state index contributed by atoms with van der Waals surface area (Å²) in [5.74, 6) is 0.769. The van der Waals surface area contributed by atoms with Gasteiger partial charge >= 0.3 is 5.97 Å². The number of hydrogen-bond acceptors (Lipinski definition) is 6. The number of nitrogens with one attached hydrogen (secondary N) is 1.